The lowest BCUT2D eigenvalue weighted by molar-refractivity contribution is -0.139. The number of rotatable bonds is 0. The van der Waals surface area contributed by atoms with E-state index < -0.39 is 5.41 Å². The van der Waals surface area contributed by atoms with Crippen molar-refractivity contribution in [1.82, 2.24) is 0 Å². The van der Waals surface area contributed by atoms with Crippen LogP contribution < -0.4 is 0 Å². The van der Waals surface area contributed by atoms with E-state index in [2.05, 4.69) is 0 Å². The van der Waals surface area contributed by atoms with Crippen LogP contribution in [0.2, 0.25) is 0 Å². The van der Waals surface area contributed by atoms with Gasteiger partial charge in [0, 0.05) is 12.8 Å². The summed E-state index contributed by atoms with van der Waals surface area (Å²) in [5.74, 6) is 0.236. The van der Waals surface area contributed by atoms with E-state index in [0.29, 0.717) is 12.8 Å². The minimum absolute atomic E-state index is 0.118. The molecule has 0 radical (unpaired) electrons. The van der Waals surface area contributed by atoms with Gasteiger partial charge in [-0.15, -0.1) is 0 Å². The molecule has 0 aromatic rings. The van der Waals surface area contributed by atoms with Crippen LogP contribution in [0.5, 0.6) is 0 Å². The van der Waals surface area contributed by atoms with Crippen LogP contribution in [-0.2, 0) is 9.59 Å². The molecule has 0 heterocycles. The van der Waals surface area contributed by atoms with Crippen molar-refractivity contribution in [3.63, 3.8) is 0 Å². The van der Waals surface area contributed by atoms with Gasteiger partial charge in [-0.25, -0.2) is 0 Å². The highest BCUT2D eigenvalue weighted by molar-refractivity contribution is 6.06. The molecule has 0 spiro atoms. The molecule has 0 aliphatic heterocycles. The van der Waals surface area contributed by atoms with Crippen molar-refractivity contribution < 1.29 is 9.59 Å². The lowest BCUT2D eigenvalue weighted by Crippen LogP contribution is -2.34. The van der Waals surface area contributed by atoms with E-state index in [4.69, 9.17) is 0 Å². The molecule has 1 aliphatic carbocycles. The Labute approximate surface area is 73.3 Å². The predicted molar refractivity (Wildman–Crippen MR) is 46.9 cm³/mol. The minimum Gasteiger partial charge on any atom is -0.299 e. The van der Waals surface area contributed by atoms with E-state index in [1.54, 1.807) is 13.8 Å². The summed E-state index contributed by atoms with van der Waals surface area (Å²) in [6.45, 7) is 3.51. The topological polar surface area (TPSA) is 34.1 Å². The van der Waals surface area contributed by atoms with Gasteiger partial charge in [0.2, 0.25) is 0 Å². The molecule has 68 valence electrons. The molecule has 1 aliphatic rings. The molecule has 2 heteroatoms. The summed E-state index contributed by atoms with van der Waals surface area (Å²) in [5.41, 5.74) is -0.708. The summed E-state index contributed by atoms with van der Waals surface area (Å²) in [4.78, 5) is 23.0. The van der Waals surface area contributed by atoms with Crippen molar-refractivity contribution in [2.24, 2.45) is 5.41 Å². The predicted octanol–water partition coefficient (Wildman–Crippen LogP) is 2.11. The average Bonchev–Trinajstić information content (AvgIpc) is 2.01. The zero-order valence-electron chi connectivity index (χ0n) is 7.85. The smallest absolute Gasteiger partial charge is 0.145 e. The molecule has 0 aromatic carbocycles. The number of hydrogen-bond donors (Lipinski definition) is 0. The van der Waals surface area contributed by atoms with E-state index in [1.165, 1.54) is 0 Å². The van der Waals surface area contributed by atoms with Gasteiger partial charge in [-0.1, -0.05) is 6.42 Å². The Kier molecular flexibility index (Phi) is 2.65. The lowest BCUT2D eigenvalue weighted by Gasteiger charge is -2.23. The maximum Gasteiger partial charge on any atom is 0.145 e. The highest BCUT2D eigenvalue weighted by Gasteiger charge is 2.34. The van der Waals surface area contributed by atoms with Crippen LogP contribution in [-0.4, -0.2) is 11.6 Å². The summed E-state index contributed by atoms with van der Waals surface area (Å²) in [5, 5.41) is 0. The standard InChI is InChI=1S/C10H16O2/c1-10(2)8(11)6-4-3-5-7-9(10)12/h3-7H2,1-2H3. The summed E-state index contributed by atoms with van der Waals surface area (Å²) in [7, 11) is 0. The number of ketones is 2. The van der Waals surface area contributed by atoms with Crippen molar-refractivity contribution in [3.05, 3.63) is 0 Å². The molecule has 0 saturated heterocycles. The van der Waals surface area contributed by atoms with E-state index in [1.807, 2.05) is 0 Å². The number of carbonyl (C=O) groups is 2. The number of hydrogen-bond acceptors (Lipinski definition) is 2. The van der Waals surface area contributed by atoms with E-state index in [9.17, 15) is 9.59 Å². The highest BCUT2D eigenvalue weighted by atomic mass is 16.2. The Balaban J connectivity index is 2.76. The summed E-state index contributed by atoms with van der Waals surface area (Å²) in [6, 6.07) is 0. The minimum atomic E-state index is -0.708. The van der Waals surface area contributed by atoms with Crippen LogP contribution in [0, 0.1) is 5.41 Å². The molecule has 0 aromatic heterocycles. The second-order valence-corrected chi connectivity index (χ2v) is 4.03. The van der Waals surface area contributed by atoms with Gasteiger partial charge in [-0.3, -0.25) is 9.59 Å². The Hall–Kier alpha value is -0.660. The molecule has 1 fully saturated rings. The third-order valence-electron chi connectivity index (χ3n) is 2.70. The van der Waals surface area contributed by atoms with Crippen LogP contribution in [0.25, 0.3) is 0 Å². The molecule has 12 heavy (non-hydrogen) atoms. The van der Waals surface area contributed by atoms with Gasteiger partial charge in [0.1, 0.15) is 11.6 Å². The molecule has 1 rings (SSSR count). The Morgan fingerprint density at radius 1 is 0.917 bits per heavy atom. The number of Topliss-reactive ketones (excluding diaryl/α,β-unsaturated/α-hetero) is 2. The SMILES string of the molecule is CC1(C)C(=O)CCCCCC1=O. The summed E-state index contributed by atoms with van der Waals surface area (Å²) < 4.78 is 0. The fraction of sp³-hybridized carbons (Fsp3) is 0.800. The van der Waals surface area contributed by atoms with Crippen molar-refractivity contribution in [2.45, 2.75) is 46.0 Å². The van der Waals surface area contributed by atoms with Crippen LogP contribution in [0.4, 0.5) is 0 Å². The fourth-order valence-corrected chi connectivity index (χ4v) is 1.53. The molecule has 2 nitrogen and oxygen atoms in total. The third-order valence-corrected chi connectivity index (χ3v) is 2.70. The van der Waals surface area contributed by atoms with Gasteiger partial charge in [-0.05, 0) is 26.7 Å². The molecule has 0 N–H and O–H groups in total. The van der Waals surface area contributed by atoms with Crippen LogP contribution >= 0.6 is 0 Å². The first-order valence-corrected chi connectivity index (χ1v) is 4.62. The monoisotopic (exact) mass is 168 g/mol. The van der Waals surface area contributed by atoms with Gasteiger partial charge in [0.25, 0.3) is 0 Å². The first-order chi connectivity index (χ1) is 5.55. The molecular weight excluding hydrogens is 152 g/mol. The maximum absolute atomic E-state index is 11.5. The van der Waals surface area contributed by atoms with Gasteiger partial charge >= 0.3 is 0 Å². The molecule has 0 unspecified atom stereocenters. The quantitative estimate of drug-likeness (QED) is 0.519. The molecular formula is C10H16O2. The Morgan fingerprint density at radius 3 is 1.75 bits per heavy atom. The first kappa shape index (κ1) is 9.43. The van der Waals surface area contributed by atoms with Crippen molar-refractivity contribution in [1.29, 1.82) is 0 Å². The maximum atomic E-state index is 11.5. The van der Waals surface area contributed by atoms with E-state index in [0.717, 1.165) is 19.3 Å². The van der Waals surface area contributed by atoms with Gasteiger partial charge in [-0.2, -0.15) is 0 Å². The second-order valence-electron chi connectivity index (χ2n) is 4.03. The Morgan fingerprint density at radius 2 is 1.33 bits per heavy atom. The van der Waals surface area contributed by atoms with Gasteiger partial charge in [0.05, 0.1) is 5.41 Å². The number of carbonyl (C=O) groups excluding carboxylic acids is 2. The van der Waals surface area contributed by atoms with Crippen LogP contribution in [0.1, 0.15) is 46.0 Å². The first-order valence-electron chi connectivity index (χ1n) is 4.62. The van der Waals surface area contributed by atoms with Gasteiger partial charge in [0.15, 0.2) is 0 Å². The van der Waals surface area contributed by atoms with Crippen molar-refractivity contribution in [2.75, 3.05) is 0 Å². The fourth-order valence-electron chi connectivity index (χ4n) is 1.53. The molecule has 1 saturated carbocycles. The average molecular weight is 168 g/mol. The highest BCUT2D eigenvalue weighted by Crippen LogP contribution is 2.26. The third kappa shape index (κ3) is 1.74. The lowest BCUT2D eigenvalue weighted by atomic mass is 9.77. The molecule has 0 bridgehead atoms. The van der Waals surface area contributed by atoms with Gasteiger partial charge < -0.3 is 0 Å². The van der Waals surface area contributed by atoms with Crippen LogP contribution in [0.3, 0.4) is 0 Å². The van der Waals surface area contributed by atoms with Crippen molar-refractivity contribution in [3.8, 4) is 0 Å². The van der Waals surface area contributed by atoms with E-state index in [-0.39, 0.29) is 11.6 Å². The largest absolute Gasteiger partial charge is 0.299 e. The zero-order chi connectivity index (χ0) is 9.19. The van der Waals surface area contributed by atoms with Crippen molar-refractivity contribution >= 4 is 11.6 Å². The van der Waals surface area contributed by atoms with E-state index >= 15 is 0 Å². The summed E-state index contributed by atoms with van der Waals surface area (Å²) >= 11 is 0. The van der Waals surface area contributed by atoms with Crippen LogP contribution in [0.15, 0.2) is 0 Å². The molecule has 0 atom stereocenters. The molecule has 0 amide bonds. The normalized spacial score (nSPS) is 24.8. The zero-order valence-corrected chi connectivity index (χ0v) is 7.85. The summed E-state index contributed by atoms with van der Waals surface area (Å²) in [6.07, 6.45) is 4.09. The Bertz CT molecular complexity index is 184. The second kappa shape index (κ2) is 3.38.